The van der Waals surface area contributed by atoms with Gasteiger partial charge in [0.05, 0.1) is 11.9 Å². The first-order valence-electron chi connectivity index (χ1n) is 6.78. The summed E-state index contributed by atoms with van der Waals surface area (Å²) in [5.41, 5.74) is 10.6. The first-order valence-corrected chi connectivity index (χ1v) is 6.78. The summed E-state index contributed by atoms with van der Waals surface area (Å²) in [5.74, 6) is 1.04. The van der Waals surface area contributed by atoms with Crippen molar-refractivity contribution in [2.75, 3.05) is 23.7 Å². The molecule has 1 aromatic carbocycles. The van der Waals surface area contributed by atoms with E-state index in [4.69, 9.17) is 5.73 Å². The van der Waals surface area contributed by atoms with Gasteiger partial charge < -0.3 is 10.6 Å². The third kappa shape index (κ3) is 2.41. The van der Waals surface area contributed by atoms with Crippen molar-refractivity contribution in [3.8, 4) is 0 Å². The van der Waals surface area contributed by atoms with Gasteiger partial charge in [0.2, 0.25) is 0 Å². The standard InChI is InChI=1S/C16H19N3/c1-12-10-16(18-11-15(12)17)19-8-6-13-4-2-3-5-14(13)7-9-19/h2-5,10-11H,6-9,17H2,1H3. The Morgan fingerprint density at radius 2 is 1.74 bits per heavy atom. The zero-order valence-corrected chi connectivity index (χ0v) is 11.3. The maximum atomic E-state index is 5.84. The molecule has 0 unspecified atom stereocenters. The van der Waals surface area contributed by atoms with Crippen LogP contribution >= 0.6 is 0 Å². The van der Waals surface area contributed by atoms with Gasteiger partial charge in [-0.1, -0.05) is 24.3 Å². The molecule has 0 saturated carbocycles. The maximum absolute atomic E-state index is 5.84. The smallest absolute Gasteiger partial charge is 0.128 e. The van der Waals surface area contributed by atoms with Crippen LogP contribution in [0.2, 0.25) is 0 Å². The van der Waals surface area contributed by atoms with E-state index >= 15 is 0 Å². The Hall–Kier alpha value is -2.03. The molecule has 19 heavy (non-hydrogen) atoms. The molecular weight excluding hydrogens is 234 g/mol. The third-order valence-corrected chi connectivity index (χ3v) is 3.88. The van der Waals surface area contributed by atoms with Gasteiger partial charge in [0, 0.05) is 13.1 Å². The monoisotopic (exact) mass is 253 g/mol. The summed E-state index contributed by atoms with van der Waals surface area (Å²) < 4.78 is 0. The molecule has 0 atom stereocenters. The number of aryl methyl sites for hydroxylation is 1. The van der Waals surface area contributed by atoms with Gasteiger partial charge in [-0.05, 0) is 42.5 Å². The van der Waals surface area contributed by atoms with E-state index in [1.807, 2.05) is 6.92 Å². The number of nitrogens with zero attached hydrogens (tertiary/aromatic N) is 2. The predicted octanol–water partition coefficient (Wildman–Crippen LogP) is 2.58. The molecule has 1 aliphatic rings. The highest BCUT2D eigenvalue weighted by Gasteiger charge is 2.15. The Balaban J connectivity index is 1.83. The second kappa shape index (κ2) is 4.92. The number of fused-ring (bicyclic) bond motifs is 1. The first kappa shape index (κ1) is 12.0. The van der Waals surface area contributed by atoms with E-state index in [1.54, 1.807) is 6.20 Å². The molecule has 0 bridgehead atoms. The Labute approximate surface area is 114 Å². The molecule has 0 saturated heterocycles. The average Bonchev–Trinajstić information content (AvgIpc) is 2.64. The number of rotatable bonds is 1. The molecule has 0 fully saturated rings. The quantitative estimate of drug-likeness (QED) is 0.849. The Morgan fingerprint density at radius 1 is 1.11 bits per heavy atom. The van der Waals surface area contributed by atoms with Crippen molar-refractivity contribution < 1.29 is 0 Å². The average molecular weight is 253 g/mol. The molecule has 2 N–H and O–H groups in total. The van der Waals surface area contributed by atoms with Crippen LogP contribution in [0, 0.1) is 6.92 Å². The van der Waals surface area contributed by atoms with E-state index < -0.39 is 0 Å². The fourth-order valence-electron chi connectivity index (χ4n) is 2.62. The summed E-state index contributed by atoms with van der Waals surface area (Å²) in [5, 5.41) is 0. The highest BCUT2D eigenvalue weighted by atomic mass is 15.2. The van der Waals surface area contributed by atoms with E-state index in [0.717, 1.165) is 43.0 Å². The molecule has 1 aromatic heterocycles. The van der Waals surface area contributed by atoms with Crippen molar-refractivity contribution >= 4 is 11.5 Å². The lowest BCUT2D eigenvalue weighted by atomic mass is 10.0. The van der Waals surface area contributed by atoms with Crippen LogP contribution in [-0.4, -0.2) is 18.1 Å². The van der Waals surface area contributed by atoms with Gasteiger partial charge in [0.15, 0.2) is 0 Å². The fourth-order valence-corrected chi connectivity index (χ4v) is 2.62. The van der Waals surface area contributed by atoms with Crippen molar-refractivity contribution in [2.45, 2.75) is 19.8 Å². The normalized spacial score (nSPS) is 14.9. The van der Waals surface area contributed by atoms with Crippen LogP contribution in [0.5, 0.6) is 0 Å². The molecule has 0 spiro atoms. The van der Waals surface area contributed by atoms with Gasteiger partial charge in [-0.15, -0.1) is 0 Å². The highest BCUT2D eigenvalue weighted by molar-refractivity contribution is 5.52. The van der Waals surface area contributed by atoms with Crippen LogP contribution in [-0.2, 0) is 12.8 Å². The van der Waals surface area contributed by atoms with E-state index in [9.17, 15) is 0 Å². The minimum atomic E-state index is 0.766. The lowest BCUT2D eigenvalue weighted by molar-refractivity contribution is 0.790. The lowest BCUT2D eigenvalue weighted by Gasteiger charge is -2.22. The molecule has 98 valence electrons. The highest BCUT2D eigenvalue weighted by Crippen LogP contribution is 2.21. The van der Waals surface area contributed by atoms with Crippen LogP contribution < -0.4 is 10.6 Å². The summed E-state index contributed by atoms with van der Waals surface area (Å²) in [7, 11) is 0. The summed E-state index contributed by atoms with van der Waals surface area (Å²) in [6.45, 7) is 4.08. The number of nitrogens with two attached hydrogens (primary N) is 1. The van der Waals surface area contributed by atoms with Crippen LogP contribution in [0.4, 0.5) is 11.5 Å². The van der Waals surface area contributed by atoms with Crippen LogP contribution in [0.15, 0.2) is 36.5 Å². The summed E-state index contributed by atoms with van der Waals surface area (Å²) >= 11 is 0. The number of anilines is 2. The van der Waals surface area contributed by atoms with Crippen molar-refractivity contribution in [1.29, 1.82) is 0 Å². The Morgan fingerprint density at radius 3 is 2.32 bits per heavy atom. The molecule has 0 amide bonds. The second-order valence-corrected chi connectivity index (χ2v) is 5.15. The van der Waals surface area contributed by atoms with Gasteiger partial charge in [0.1, 0.15) is 5.82 Å². The largest absolute Gasteiger partial charge is 0.397 e. The minimum Gasteiger partial charge on any atom is -0.397 e. The molecule has 0 aliphatic carbocycles. The number of benzene rings is 1. The molecule has 0 radical (unpaired) electrons. The molecule has 2 aromatic rings. The number of pyridine rings is 1. The molecule has 2 heterocycles. The Kier molecular flexibility index (Phi) is 3.11. The van der Waals surface area contributed by atoms with E-state index in [2.05, 4.69) is 40.2 Å². The molecule has 3 nitrogen and oxygen atoms in total. The second-order valence-electron chi connectivity index (χ2n) is 5.15. The summed E-state index contributed by atoms with van der Waals surface area (Å²) in [6.07, 6.45) is 3.94. The zero-order valence-electron chi connectivity index (χ0n) is 11.3. The lowest BCUT2D eigenvalue weighted by Crippen LogP contribution is -2.27. The third-order valence-electron chi connectivity index (χ3n) is 3.88. The van der Waals surface area contributed by atoms with Crippen molar-refractivity contribution in [1.82, 2.24) is 4.98 Å². The molecule has 3 heteroatoms. The van der Waals surface area contributed by atoms with Crippen LogP contribution in [0.3, 0.4) is 0 Å². The van der Waals surface area contributed by atoms with E-state index in [0.29, 0.717) is 0 Å². The van der Waals surface area contributed by atoms with Gasteiger partial charge in [0.25, 0.3) is 0 Å². The van der Waals surface area contributed by atoms with Gasteiger partial charge in [-0.25, -0.2) is 4.98 Å². The van der Waals surface area contributed by atoms with Crippen molar-refractivity contribution in [2.24, 2.45) is 0 Å². The van der Waals surface area contributed by atoms with Gasteiger partial charge in [-0.3, -0.25) is 0 Å². The fraction of sp³-hybridized carbons (Fsp3) is 0.312. The summed E-state index contributed by atoms with van der Waals surface area (Å²) in [6, 6.07) is 10.8. The SMILES string of the molecule is Cc1cc(N2CCc3ccccc3CC2)ncc1N. The van der Waals surface area contributed by atoms with E-state index in [1.165, 1.54) is 11.1 Å². The topological polar surface area (TPSA) is 42.2 Å². The van der Waals surface area contributed by atoms with Crippen LogP contribution in [0.25, 0.3) is 0 Å². The summed E-state index contributed by atoms with van der Waals surface area (Å²) in [4.78, 5) is 6.82. The molecular formula is C16H19N3. The predicted molar refractivity (Wildman–Crippen MR) is 79.4 cm³/mol. The van der Waals surface area contributed by atoms with Crippen molar-refractivity contribution in [3.63, 3.8) is 0 Å². The van der Waals surface area contributed by atoms with Crippen LogP contribution in [0.1, 0.15) is 16.7 Å². The van der Waals surface area contributed by atoms with Gasteiger partial charge >= 0.3 is 0 Å². The van der Waals surface area contributed by atoms with Crippen molar-refractivity contribution in [3.05, 3.63) is 53.2 Å². The molecule has 1 aliphatic heterocycles. The number of hydrogen-bond donors (Lipinski definition) is 1. The minimum absolute atomic E-state index is 0.766. The zero-order chi connectivity index (χ0) is 13.2. The first-order chi connectivity index (χ1) is 9.24. The number of hydrogen-bond acceptors (Lipinski definition) is 3. The number of aromatic nitrogens is 1. The van der Waals surface area contributed by atoms with E-state index in [-0.39, 0.29) is 0 Å². The number of nitrogen functional groups attached to an aromatic ring is 1. The Bertz CT molecular complexity index is 565. The maximum Gasteiger partial charge on any atom is 0.128 e. The molecule has 3 rings (SSSR count). The van der Waals surface area contributed by atoms with Gasteiger partial charge in [-0.2, -0.15) is 0 Å².